The quantitative estimate of drug-likeness (QED) is 0.487. The second-order valence-corrected chi connectivity index (χ2v) is 6.43. The number of hydrogen-bond donors (Lipinski definition) is 0. The Morgan fingerprint density at radius 3 is 2.61 bits per heavy atom. The molecule has 0 radical (unpaired) electrons. The SMILES string of the molecule is COc1ccc(-c2ccn(-c3ncccc3C)n2)c(OCc2ccccc2)c1. The summed E-state index contributed by atoms with van der Waals surface area (Å²) in [6.45, 7) is 2.49. The zero-order valence-electron chi connectivity index (χ0n) is 15.9. The van der Waals surface area contributed by atoms with Gasteiger partial charge in [0.2, 0.25) is 0 Å². The number of ether oxygens (including phenoxy) is 2. The largest absolute Gasteiger partial charge is 0.497 e. The summed E-state index contributed by atoms with van der Waals surface area (Å²) in [4.78, 5) is 4.43. The maximum atomic E-state index is 6.11. The van der Waals surface area contributed by atoms with Gasteiger partial charge in [0.05, 0.1) is 12.8 Å². The zero-order chi connectivity index (χ0) is 19.3. The molecule has 0 aliphatic carbocycles. The van der Waals surface area contributed by atoms with Crippen molar-refractivity contribution >= 4 is 0 Å². The van der Waals surface area contributed by atoms with Crippen LogP contribution in [-0.4, -0.2) is 21.9 Å². The van der Waals surface area contributed by atoms with Crippen molar-refractivity contribution in [1.82, 2.24) is 14.8 Å². The molecule has 0 spiro atoms. The summed E-state index contributed by atoms with van der Waals surface area (Å²) in [5.74, 6) is 2.28. The molecule has 2 aromatic heterocycles. The lowest BCUT2D eigenvalue weighted by atomic mass is 10.1. The minimum atomic E-state index is 0.473. The number of pyridine rings is 1. The predicted molar refractivity (Wildman–Crippen MR) is 109 cm³/mol. The van der Waals surface area contributed by atoms with E-state index < -0.39 is 0 Å². The number of benzene rings is 2. The van der Waals surface area contributed by atoms with Crippen LogP contribution in [0.15, 0.2) is 79.1 Å². The van der Waals surface area contributed by atoms with Crippen LogP contribution in [0.25, 0.3) is 17.1 Å². The van der Waals surface area contributed by atoms with E-state index in [1.165, 1.54) is 0 Å². The Hall–Kier alpha value is -3.60. The van der Waals surface area contributed by atoms with Crippen LogP contribution < -0.4 is 9.47 Å². The molecule has 2 aromatic carbocycles. The van der Waals surface area contributed by atoms with Crippen molar-refractivity contribution in [2.45, 2.75) is 13.5 Å². The van der Waals surface area contributed by atoms with Gasteiger partial charge in [0.1, 0.15) is 18.1 Å². The molecule has 0 saturated carbocycles. The average Bonchev–Trinajstić information content (AvgIpc) is 3.23. The molecule has 0 fully saturated rings. The van der Waals surface area contributed by atoms with Crippen molar-refractivity contribution in [3.05, 3.63) is 90.3 Å². The van der Waals surface area contributed by atoms with Crippen LogP contribution in [0, 0.1) is 6.92 Å². The Labute approximate surface area is 164 Å². The van der Waals surface area contributed by atoms with Gasteiger partial charge in [-0.3, -0.25) is 0 Å². The summed E-state index contributed by atoms with van der Waals surface area (Å²) >= 11 is 0. The Balaban J connectivity index is 1.66. The van der Waals surface area contributed by atoms with Gasteiger partial charge >= 0.3 is 0 Å². The van der Waals surface area contributed by atoms with Gasteiger partial charge in [-0.05, 0) is 42.3 Å². The Morgan fingerprint density at radius 2 is 1.82 bits per heavy atom. The van der Waals surface area contributed by atoms with E-state index in [2.05, 4.69) is 4.98 Å². The molecule has 0 aliphatic rings. The van der Waals surface area contributed by atoms with Crippen molar-refractivity contribution in [3.63, 3.8) is 0 Å². The molecule has 0 unspecified atom stereocenters. The first-order valence-electron chi connectivity index (χ1n) is 9.07. The second-order valence-electron chi connectivity index (χ2n) is 6.43. The maximum absolute atomic E-state index is 6.11. The molecule has 140 valence electrons. The van der Waals surface area contributed by atoms with Gasteiger partial charge in [-0.2, -0.15) is 5.10 Å². The fourth-order valence-corrected chi connectivity index (χ4v) is 3.00. The molecule has 5 nitrogen and oxygen atoms in total. The van der Waals surface area contributed by atoms with Crippen LogP contribution in [0.4, 0.5) is 0 Å². The average molecular weight is 371 g/mol. The normalized spacial score (nSPS) is 10.6. The van der Waals surface area contributed by atoms with Crippen molar-refractivity contribution in [3.8, 4) is 28.6 Å². The summed E-state index contributed by atoms with van der Waals surface area (Å²) in [7, 11) is 1.65. The third kappa shape index (κ3) is 3.74. The molecule has 28 heavy (non-hydrogen) atoms. The van der Waals surface area contributed by atoms with Crippen LogP contribution in [0.5, 0.6) is 11.5 Å². The van der Waals surface area contributed by atoms with Crippen LogP contribution in [0.2, 0.25) is 0 Å². The molecule has 2 heterocycles. The van der Waals surface area contributed by atoms with E-state index in [0.29, 0.717) is 6.61 Å². The van der Waals surface area contributed by atoms with Gasteiger partial charge in [-0.15, -0.1) is 0 Å². The minimum absolute atomic E-state index is 0.473. The van der Waals surface area contributed by atoms with E-state index in [0.717, 1.165) is 39.7 Å². The van der Waals surface area contributed by atoms with E-state index in [9.17, 15) is 0 Å². The van der Waals surface area contributed by atoms with E-state index >= 15 is 0 Å². The third-order valence-electron chi connectivity index (χ3n) is 4.49. The highest BCUT2D eigenvalue weighted by molar-refractivity contribution is 5.68. The first-order valence-corrected chi connectivity index (χ1v) is 9.07. The van der Waals surface area contributed by atoms with E-state index in [4.69, 9.17) is 14.6 Å². The number of nitrogens with zero attached hydrogens (tertiary/aromatic N) is 3. The standard InChI is InChI=1S/C23H21N3O2/c1-17-7-6-13-24-23(17)26-14-12-21(25-26)20-11-10-19(27-2)15-22(20)28-16-18-8-4-3-5-9-18/h3-15H,16H2,1-2H3. The van der Waals surface area contributed by atoms with Gasteiger partial charge in [-0.1, -0.05) is 36.4 Å². The maximum Gasteiger partial charge on any atom is 0.156 e. The predicted octanol–water partition coefficient (Wildman–Crippen LogP) is 4.83. The lowest BCUT2D eigenvalue weighted by Gasteiger charge is -2.12. The van der Waals surface area contributed by atoms with Crippen LogP contribution in [-0.2, 0) is 6.61 Å². The fourth-order valence-electron chi connectivity index (χ4n) is 3.00. The molecular formula is C23H21N3O2. The molecule has 0 amide bonds. The van der Waals surface area contributed by atoms with Gasteiger partial charge in [0.15, 0.2) is 5.82 Å². The monoisotopic (exact) mass is 371 g/mol. The molecule has 0 saturated heterocycles. The highest BCUT2D eigenvalue weighted by atomic mass is 16.5. The lowest BCUT2D eigenvalue weighted by Crippen LogP contribution is -2.01. The molecule has 4 rings (SSSR count). The number of aromatic nitrogens is 3. The number of aryl methyl sites for hydroxylation is 1. The van der Waals surface area contributed by atoms with Crippen LogP contribution in [0.1, 0.15) is 11.1 Å². The Kier molecular flexibility index (Phi) is 5.06. The Morgan fingerprint density at radius 1 is 0.964 bits per heavy atom. The molecule has 4 aromatic rings. The molecular weight excluding hydrogens is 350 g/mol. The molecule has 5 heteroatoms. The number of hydrogen-bond acceptors (Lipinski definition) is 4. The van der Waals surface area contributed by atoms with Crippen LogP contribution >= 0.6 is 0 Å². The van der Waals surface area contributed by atoms with Crippen molar-refractivity contribution in [2.24, 2.45) is 0 Å². The van der Waals surface area contributed by atoms with Gasteiger partial charge in [0, 0.05) is 24.0 Å². The molecule has 0 atom stereocenters. The summed E-state index contributed by atoms with van der Waals surface area (Å²) in [5.41, 5.74) is 3.89. The Bertz CT molecular complexity index is 1070. The third-order valence-corrected chi connectivity index (χ3v) is 4.49. The van der Waals surface area contributed by atoms with Gasteiger partial charge in [-0.25, -0.2) is 9.67 Å². The summed E-state index contributed by atoms with van der Waals surface area (Å²) < 4.78 is 13.3. The van der Waals surface area contributed by atoms with E-state index in [1.54, 1.807) is 18.0 Å². The highest BCUT2D eigenvalue weighted by Gasteiger charge is 2.13. The summed E-state index contributed by atoms with van der Waals surface area (Å²) in [6, 6.07) is 21.8. The first kappa shape index (κ1) is 17.8. The van der Waals surface area contributed by atoms with Crippen molar-refractivity contribution in [2.75, 3.05) is 7.11 Å². The molecule has 0 bridgehead atoms. The van der Waals surface area contributed by atoms with E-state index in [1.807, 2.05) is 79.9 Å². The van der Waals surface area contributed by atoms with Gasteiger partial charge < -0.3 is 9.47 Å². The summed E-state index contributed by atoms with van der Waals surface area (Å²) in [5, 5.41) is 4.72. The van der Waals surface area contributed by atoms with Crippen molar-refractivity contribution in [1.29, 1.82) is 0 Å². The number of methoxy groups -OCH3 is 1. The minimum Gasteiger partial charge on any atom is -0.497 e. The lowest BCUT2D eigenvalue weighted by molar-refractivity contribution is 0.305. The van der Waals surface area contributed by atoms with Crippen molar-refractivity contribution < 1.29 is 9.47 Å². The van der Waals surface area contributed by atoms with Gasteiger partial charge in [0.25, 0.3) is 0 Å². The second kappa shape index (κ2) is 7.96. The molecule has 0 N–H and O–H groups in total. The topological polar surface area (TPSA) is 49.2 Å². The molecule has 0 aliphatic heterocycles. The summed E-state index contributed by atoms with van der Waals surface area (Å²) in [6.07, 6.45) is 3.68. The smallest absolute Gasteiger partial charge is 0.156 e. The van der Waals surface area contributed by atoms with E-state index in [-0.39, 0.29) is 0 Å². The fraction of sp³-hybridized carbons (Fsp3) is 0.130. The zero-order valence-corrected chi connectivity index (χ0v) is 15.9. The first-order chi connectivity index (χ1) is 13.7. The van der Waals surface area contributed by atoms with Crippen LogP contribution in [0.3, 0.4) is 0 Å². The number of rotatable bonds is 6. The highest BCUT2D eigenvalue weighted by Crippen LogP contribution is 2.33.